The smallest absolute Gasteiger partial charge is 0.421 e. The first-order valence-corrected chi connectivity index (χ1v) is 10.1. The molecule has 3 fully saturated rings. The number of sulfonamides is 1. The fourth-order valence-corrected chi connectivity index (χ4v) is 5.55. The molecule has 2 N–H and O–H groups in total. The third-order valence-electron chi connectivity index (χ3n) is 5.75. The van der Waals surface area contributed by atoms with Crippen LogP contribution in [0.15, 0.2) is 35.2 Å². The zero-order valence-electron chi connectivity index (χ0n) is 14.8. The first-order valence-electron chi connectivity index (χ1n) is 8.60. The SMILES string of the molecule is C[C@]12CC[C@@]3(C)OCC(COC(=O)NS(=O)(=O)c4ccccc4)(CO1)[NH+]23. The highest BCUT2D eigenvalue weighted by atomic mass is 32.2. The summed E-state index contributed by atoms with van der Waals surface area (Å²) < 4.78 is 43.7. The van der Waals surface area contributed by atoms with Crippen molar-refractivity contribution in [1.82, 2.24) is 4.72 Å². The van der Waals surface area contributed by atoms with Gasteiger partial charge < -0.3 is 14.2 Å². The molecule has 1 aromatic carbocycles. The van der Waals surface area contributed by atoms with E-state index >= 15 is 0 Å². The quantitative estimate of drug-likeness (QED) is 0.761. The summed E-state index contributed by atoms with van der Waals surface area (Å²) in [4.78, 5) is 13.3. The monoisotopic (exact) mass is 383 g/mol. The van der Waals surface area contributed by atoms with Crippen LogP contribution < -0.4 is 9.62 Å². The molecule has 2 atom stereocenters. The average molecular weight is 383 g/mol. The summed E-state index contributed by atoms with van der Waals surface area (Å²) in [6.07, 6.45) is 0.744. The summed E-state index contributed by atoms with van der Waals surface area (Å²) in [6.45, 7) is 4.94. The minimum absolute atomic E-state index is 0.00818. The second-order valence-corrected chi connectivity index (χ2v) is 9.37. The van der Waals surface area contributed by atoms with Gasteiger partial charge in [0.05, 0.1) is 4.90 Å². The van der Waals surface area contributed by atoms with Crippen molar-refractivity contribution in [1.29, 1.82) is 0 Å². The molecular formula is C17H23N2O6S+. The summed E-state index contributed by atoms with van der Waals surface area (Å²) in [5.41, 5.74) is -1.23. The Kier molecular flexibility index (Phi) is 3.85. The first-order chi connectivity index (χ1) is 12.2. The Balaban J connectivity index is 1.44. The van der Waals surface area contributed by atoms with Gasteiger partial charge in [0.2, 0.25) is 11.4 Å². The predicted octanol–water partition coefficient (Wildman–Crippen LogP) is 0.0118. The van der Waals surface area contributed by atoms with Crippen LogP contribution >= 0.6 is 0 Å². The lowest BCUT2D eigenvalue weighted by Crippen LogP contribution is -3.27. The lowest BCUT2D eigenvalue weighted by atomic mass is 10.0. The highest BCUT2D eigenvalue weighted by Crippen LogP contribution is 2.39. The summed E-state index contributed by atoms with van der Waals surface area (Å²) in [6, 6.07) is 7.69. The van der Waals surface area contributed by atoms with Gasteiger partial charge in [0.1, 0.15) is 13.2 Å². The van der Waals surface area contributed by atoms with Gasteiger partial charge in [0.25, 0.3) is 10.0 Å². The highest BCUT2D eigenvalue weighted by Gasteiger charge is 2.74. The molecule has 0 unspecified atom stereocenters. The lowest BCUT2D eigenvalue weighted by Gasteiger charge is -2.34. The number of hydrogen-bond donors (Lipinski definition) is 2. The van der Waals surface area contributed by atoms with Gasteiger partial charge in [-0.05, 0) is 12.1 Å². The van der Waals surface area contributed by atoms with Gasteiger partial charge in [-0.15, -0.1) is 0 Å². The molecule has 142 valence electrons. The standard InChI is InChI=1S/C17H22N2O6S/c1-15-8-9-16(2)19(15)17(11-24-15,12-25-16)10-23-14(20)18-26(21,22)13-6-4-3-5-7-13/h3-7H,8-12H2,1-2H3,(H,18,20)/p+1/t15-,16-/m1/s1. The second-order valence-electron chi connectivity index (χ2n) is 7.69. The van der Waals surface area contributed by atoms with Crippen molar-refractivity contribution >= 4 is 16.1 Å². The Morgan fingerprint density at radius 3 is 2.31 bits per heavy atom. The Hall–Kier alpha value is -1.68. The van der Waals surface area contributed by atoms with E-state index in [-0.39, 0.29) is 23.0 Å². The van der Waals surface area contributed by atoms with Crippen LogP contribution in [0.4, 0.5) is 4.79 Å². The Labute approximate surface area is 152 Å². The van der Waals surface area contributed by atoms with E-state index in [0.29, 0.717) is 13.2 Å². The lowest BCUT2D eigenvalue weighted by molar-refractivity contribution is -1.02. The fraction of sp³-hybridized carbons (Fsp3) is 0.588. The highest BCUT2D eigenvalue weighted by molar-refractivity contribution is 7.90. The summed E-state index contributed by atoms with van der Waals surface area (Å²) in [7, 11) is -3.96. The molecule has 3 saturated heterocycles. The molecule has 1 aromatic rings. The number of benzene rings is 1. The average Bonchev–Trinajstić information content (AvgIpc) is 3.18. The van der Waals surface area contributed by atoms with Crippen LogP contribution in [-0.2, 0) is 24.2 Å². The zero-order valence-corrected chi connectivity index (χ0v) is 15.6. The molecule has 4 rings (SSSR count). The summed E-state index contributed by atoms with van der Waals surface area (Å²) in [5, 5.41) is 0. The van der Waals surface area contributed by atoms with E-state index in [1.807, 2.05) is 18.6 Å². The van der Waals surface area contributed by atoms with E-state index < -0.39 is 21.7 Å². The minimum Gasteiger partial charge on any atom is -0.442 e. The van der Waals surface area contributed by atoms with Gasteiger partial charge in [0, 0.05) is 26.7 Å². The molecule has 0 radical (unpaired) electrons. The number of ether oxygens (including phenoxy) is 3. The largest absolute Gasteiger partial charge is 0.442 e. The maximum atomic E-state index is 12.2. The maximum Gasteiger partial charge on any atom is 0.421 e. The van der Waals surface area contributed by atoms with Crippen molar-refractivity contribution in [2.24, 2.45) is 0 Å². The van der Waals surface area contributed by atoms with Gasteiger partial charge in [-0.25, -0.2) is 17.9 Å². The molecule has 3 heterocycles. The van der Waals surface area contributed by atoms with Crippen molar-refractivity contribution in [3.8, 4) is 0 Å². The minimum atomic E-state index is -3.96. The van der Waals surface area contributed by atoms with Crippen LogP contribution in [0.25, 0.3) is 0 Å². The molecule has 8 nitrogen and oxygen atoms in total. The molecule has 3 aliphatic rings. The number of amides is 1. The van der Waals surface area contributed by atoms with Crippen LogP contribution in [0.2, 0.25) is 0 Å². The van der Waals surface area contributed by atoms with Gasteiger partial charge >= 0.3 is 6.09 Å². The summed E-state index contributed by atoms with van der Waals surface area (Å²) in [5.74, 6) is 0. The topological polar surface area (TPSA) is 95.4 Å². The normalized spacial score (nSPS) is 38.2. The zero-order chi connectivity index (χ0) is 18.6. The number of rotatable bonds is 4. The van der Waals surface area contributed by atoms with E-state index in [0.717, 1.165) is 17.7 Å². The van der Waals surface area contributed by atoms with Gasteiger partial charge in [0.15, 0.2) is 12.1 Å². The van der Waals surface area contributed by atoms with Crippen molar-refractivity contribution in [3.05, 3.63) is 30.3 Å². The molecule has 9 heteroatoms. The molecule has 26 heavy (non-hydrogen) atoms. The number of carbonyl (C=O) groups excluding carboxylic acids is 1. The molecule has 0 saturated carbocycles. The van der Waals surface area contributed by atoms with Crippen LogP contribution in [0.1, 0.15) is 26.7 Å². The van der Waals surface area contributed by atoms with Crippen molar-refractivity contribution < 1.29 is 32.3 Å². The van der Waals surface area contributed by atoms with Gasteiger partial charge in [-0.1, -0.05) is 18.2 Å². The van der Waals surface area contributed by atoms with E-state index in [2.05, 4.69) is 0 Å². The van der Waals surface area contributed by atoms with Crippen LogP contribution in [0.5, 0.6) is 0 Å². The molecule has 0 aromatic heterocycles. The maximum absolute atomic E-state index is 12.2. The van der Waals surface area contributed by atoms with E-state index in [9.17, 15) is 13.2 Å². The number of carbonyl (C=O) groups is 1. The van der Waals surface area contributed by atoms with E-state index in [1.165, 1.54) is 12.1 Å². The van der Waals surface area contributed by atoms with Crippen LogP contribution in [0.3, 0.4) is 0 Å². The Morgan fingerprint density at radius 1 is 1.15 bits per heavy atom. The summed E-state index contributed by atoms with van der Waals surface area (Å²) >= 11 is 0. The first kappa shape index (κ1) is 17.7. The Morgan fingerprint density at radius 2 is 1.73 bits per heavy atom. The Bertz CT molecular complexity index is 807. The fourth-order valence-electron chi connectivity index (χ4n) is 4.63. The van der Waals surface area contributed by atoms with Gasteiger partial charge in [-0.2, -0.15) is 0 Å². The second kappa shape index (κ2) is 5.66. The van der Waals surface area contributed by atoms with E-state index in [4.69, 9.17) is 14.2 Å². The molecule has 0 bridgehead atoms. The molecule has 0 spiro atoms. The van der Waals surface area contributed by atoms with Crippen LogP contribution in [0, 0.1) is 0 Å². The number of quaternary nitrogens is 1. The molecule has 0 aliphatic carbocycles. The van der Waals surface area contributed by atoms with Crippen molar-refractivity contribution in [2.45, 2.75) is 48.6 Å². The number of nitrogens with one attached hydrogen (secondary N) is 2. The molecule has 3 aliphatic heterocycles. The molecular weight excluding hydrogens is 360 g/mol. The van der Waals surface area contributed by atoms with Crippen molar-refractivity contribution in [2.75, 3.05) is 19.8 Å². The molecule has 1 amide bonds. The number of hydrogen-bond acceptors (Lipinski definition) is 6. The van der Waals surface area contributed by atoms with E-state index in [1.54, 1.807) is 18.2 Å². The third-order valence-corrected chi connectivity index (χ3v) is 7.08. The van der Waals surface area contributed by atoms with Crippen molar-refractivity contribution in [3.63, 3.8) is 0 Å². The van der Waals surface area contributed by atoms with Gasteiger partial charge in [-0.3, -0.25) is 4.90 Å². The van der Waals surface area contributed by atoms with Crippen LogP contribution in [-0.4, -0.2) is 51.3 Å². The third kappa shape index (κ3) is 2.61. The predicted molar refractivity (Wildman–Crippen MR) is 89.8 cm³/mol.